The predicted molar refractivity (Wildman–Crippen MR) is 128 cm³/mol. The van der Waals surface area contributed by atoms with Gasteiger partial charge in [0, 0.05) is 23.9 Å². The summed E-state index contributed by atoms with van der Waals surface area (Å²) in [7, 11) is -4.06. The van der Waals surface area contributed by atoms with E-state index in [1.165, 1.54) is 6.07 Å². The number of nitrogens with one attached hydrogen (secondary N) is 2. The third-order valence-electron chi connectivity index (χ3n) is 5.57. The molecular weight excluding hydrogens is 499 g/mol. The van der Waals surface area contributed by atoms with Gasteiger partial charge in [0.1, 0.15) is 15.6 Å². The highest BCUT2D eigenvalue weighted by Crippen LogP contribution is 2.40. The molecule has 0 spiro atoms. The van der Waals surface area contributed by atoms with Gasteiger partial charge in [-0.05, 0) is 54.9 Å². The molecule has 35 heavy (non-hydrogen) atoms. The van der Waals surface area contributed by atoms with Gasteiger partial charge in [-0.1, -0.05) is 18.2 Å². The molecule has 184 valence electrons. The molecule has 0 radical (unpaired) electrons. The number of halogens is 3. The number of anilines is 1. The van der Waals surface area contributed by atoms with Crippen molar-refractivity contribution >= 4 is 27.0 Å². The van der Waals surface area contributed by atoms with Crippen molar-refractivity contribution in [1.29, 1.82) is 5.26 Å². The highest BCUT2D eigenvalue weighted by Gasteiger charge is 2.38. The Bertz CT molecular complexity index is 1370. The summed E-state index contributed by atoms with van der Waals surface area (Å²) in [6, 6.07) is 15.4. The Morgan fingerprint density at radius 1 is 1.20 bits per heavy atom. The fraction of sp³-hybridized carbons (Fsp3) is 0.292. The van der Waals surface area contributed by atoms with Crippen molar-refractivity contribution < 1.29 is 26.3 Å². The van der Waals surface area contributed by atoms with Crippen LogP contribution in [0.4, 0.5) is 18.9 Å². The summed E-state index contributed by atoms with van der Waals surface area (Å²) in [6.45, 7) is 2.71. The predicted octanol–water partition coefficient (Wildman–Crippen LogP) is 5.43. The zero-order valence-electron chi connectivity index (χ0n) is 18.6. The summed E-state index contributed by atoms with van der Waals surface area (Å²) in [5.74, 6) is -0.426. The first kappa shape index (κ1) is 25.0. The van der Waals surface area contributed by atoms with E-state index in [4.69, 9.17) is 10.00 Å². The summed E-state index contributed by atoms with van der Waals surface area (Å²) >= 11 is 1.02. The summed E-state index contributed by atoms with van der Waals surface area (Å²) in [6.07, 6.45) is -3.90. The minimum absolute atomic E-state index is 0.00695. The van der Waals surface area contributed by atoms with Gasteiger partial charge in [0.15, 0.2) is 0 Å². The average molecular weight is 522 g/mol. The van der Waals surface area contributed by atoms with Gasteiger partial charge in [-0.3, -0.25) is 4.72 Å². The molecule has 0 saturated carbocycles. The molecule has 0 aliphatic carbocycles. The largest absolute Gasteiger partial charge is 0.485 e. The smallest absolute Gasteiger partial charge is 0.419 e. The summed E-state index contributed by atoms with van der Waals surface area (Å²) in [5.41, 5.74) is -0.254. The fourth-order valence-electron chi connectivity index (χ4n) is 3.80. The van der Waals surface area contributed by atoms with Crippen LogP contribution in [0.1, 0.15) is 24.5 Å². The number of benzene rings is 2. The Morgan fingerprint density at radius 3 is 2.69 bits per heavy atom. The first-order chi connectivity index (χ1) is 16.5. The molecule has 2 aromatic carbocycles. The van der Waals surface area contributed by atoms with E-state index in [1.54, 1.807) is 19.1 Å². The molecule has 1 fully saturated rings. The number of alkyl halides is 3. The van der Waals surface area contributed by atoms with E-state index < -0.39 is 33.1 Å². The second-order valence-electron chi connectivity index (χ2n) is 8.45. The van der Waals surface area contributed by atoms with Crippen LogP contribution in [-0.2, 0) is 22.6 Å². The van der Waals surface area contributed by atoms with Crippen molar-refractivity contribution in [2.24, 2.45) is 0 Å². The lowest BCUT2D eigenvalue weighted by Crippen LogP contribution is -2.35. The van der Waals surface area contributed by atoms with E-state index >= 15 is 0 Å². The molecule has 6 nitrogen and oxygen atoms in total. The van der Waals surface area contributed by atoms with Crippen LogP contribution in [0.3, 0.4) is 0 Å². The molecular formula is C24H22F3N3O3S2. The van der Waals surface area contributed by atoms with Gasteiger partial charge in [0.25, 0.3) is 10.0 Å². The molecule has 3 aromatic rings. The van der Waals surface area contributed by atoms with E-state index in [0.29, 0.717) is 24.4 Å². The highest BCUT2D eigenvalue weighted by molar-refractivity contribution is 7.94. The van der Waals surface area contributed by atoms with E-state index in [2.05, 4.69) is 16.1 Å². The normalized spacial score (nSPS) is 18.3. The number of sulfonamides is 1. The van der Waals surface area contributed by atoms with E-state index in [9.17, 15) is 21.6 Å². The summed E-state index contributed by atoms with van der Waals surface area (Å²) < 4.78 is 74.8. The minimum atomic E-state index is -4.65. The molecule has 0 bridgehead atoms. The standard InChI is InChI=1S/C24H22F3N3O3S2/c1-23(10-12-29-15-23)33-20-14-18(5-6-19(20)24(25,26)27)30-35(31,32)22-8-7-21(34-22)17-4-2-3-16(13-17)9-11-28/h2-8,13-14,29-30H,9-10,12,15H2,1H3/t23-/m1/s1. The number of hydrogen-bond donors (Lipinski definition) is 2. The third-order valence-corrected chi connectivity index (χ3v) is 8.57. The van der Waals surface area contributed by atoms with Crippen LogP contribution in [0.5, 0.6) is 5.75 Å². The molecule has 4 rings (SSSR count). The van der Waals surface area contributed by atoms with Gasteiger partial charge < -0.3 is 10.1 Å². The molecule has 1 saturated heterocycles. The highest BCUT2D eigenvalue weighted by atomic mass is 32.2. The minimum Gasteiger partial charge on any atom is -0.485 e. The van der Waals surface area contributed by atoms with Crippen LogP contribution in [0.25, 0.3) is 10.4 Å². The molecule has 0 unspecified atom stereocenters. The zero-order chi connectivity index (χ0) is 25.3. The maximum absolute atomic E-state index is 13.6. The van der Waals surface area contributed by atoms with Crippen molar-refractivity contribution in [3.63, 3.8) is 0 Å². The van der Waals surface area contributed by atoms with Crippen molar-refractivity contribution in [3.05, 3.63) is 65.7 Å². The monoisotopic (exact) mass is 521 g/mol. The van der Waals surface area contributed by atoms with Crippen LogP contribution in [0.15, 0.2) is 58.8 Å². The Labute approximate surface area is 205 Å². The number of ether oxygens (including phenoxy) is 1. The third kappa shape index (κ3) is 5.78. The van der Waals surface area contributed by atoms with Crippen LogP contribution in [0, 0.1) is 11.3 Å². The van der Waals surface area contributed by atoms with E-state index in [1.807, 2.05) is 18.2 Å². The Morgan fingerprint density at radius 2 is 2.00 bits per heavy atom. The number of rotatable bonds is 7. The van der Waals surface area contributed by atoms with Crippen LogP contribution >= 0.6 is 11.3 Å². The Balaban J connectivity index is 1.60. The average Bonchev–Trinajstić information content (AvgIpc) is 3.43. The molecule has 11 heteroatoms. The van der Waals surface area contributed by atoms with Crippen molar-refractivity contribution in [2.45, 2.75) is 35.8 Å². The van der Waals surface area contributed by atoms with Crippen LogP contribution in [0.2, 0.25) is 0 Å². The Hall–Kier alpha value is -3.07. The molecule has 0 amide bonds. The lowest BCUT2D eigenvalue weighted by atomic mass is 10.1. The van der Waals surface area contributed by atoms with Crippen molar-refractivity contribution in [1.82, 2.24) is 5.32 Å². The molecule has 1 aliphatic rings. The zero-order valence-corrected chi connectivity index (χ0v) is 20.3. The molecule has 1 atom stereocenters. The fourth-order valence-corrected chi connectivity index (χ4v) is 6.15. The van der Waals surface area contributed by atoms with Crippen LogP contribution in [-0.4, -0.2) is 27.1 Å². The van der Waals surface area contributed by atoms with Crippen molar-refractivity contribution in [3.8, 4) is 22.3 Å². The maximum Gasteiger partial charge on any atom is 0.419 e. The second kappa shape index (κ2) is 9.53. The van der Waals surface area contributed by atoms with Gasteiger partial charge in [0.2, 0.25) is 0 Å². The van der Waals surface area contributed by atoms with Crippen LogP contribution < -0.4 is 14.8 Å². The van der Waals surface area contributed by atoms with Gasteiger partial charge in [-0.15, -0.1) is 11.3 Å². The second-order valence-corrected chi connectivity index (χ2v) is 11.4. The SMILES string of the molecule is C[C@@]1(Oc2cc(NS(=O)(=O)c3ccc(-c4cccc(CC#N)c4)s3)ccc2C(F)(F)F)CCNC1. The Kier molecular flexibility index (Phi) is 6.81. The molecule has 2 N–H and O–H groups in total. The lowest BCUT2D eigenvalue weighted by molar-refractivity contribution is -0.139. The summed E-state index contributed by atoms with van der Waals surface area (Å²) in [4.78, 5) is 0.684. The van der Waals surface area contributed by atoms with Gasteiger partial charge in [0.05, 0.1) is 23.7 Å². The first-order valence-electron chi connectivity index (χ1n) is 10.7. The topological polar surface area (TPSA) is 91.2 Å². The molecule has 2 heterocycles. The number of nitriles is 1. The molecule has 1 aromatic heterocycles. The van der Waals surface area contributed by atoms with Crippen molar-refractivity contribution in [2.75, 3.05) is 17.8 Å². The first-order valence-corrected chi connectivity index (χ1v) is 13.0. The lowest BCUT2D eigenvalue weighted by Gasteiger charge is -2.27. The molecule has 1 aliphatic heterocycles. The van der Waals surface area contributed by atoms with E-state index in [0.717, 1.165) is 40.7 Å². The summed E-state index contributed by atoms with van der Waals surface area (Å²) in [5, 5.41) is 12.0. The van der Waals surface area contributed by atoms with Gasteiger partial charge in [-0.2, -0.15) is 18.4 Å². The number of nitrogens with zero attached hydrogens (tertiary/aromatic N) is 1. The maximum atomic E-state index is 13.6. The van der Waals surface area contributed by atoms with Gasteiger partial charge >= 0.3 is 6.18 Å². The van der Waals surface area contributed by atoms with Gasteiger partial charge in [-0.25, -0.2) is 8.42 Å². The quantitative estimate of drug-likeness (QED) is 0.433. The van der Waals surface area contributed by atoms with E-state index in [-0.39, 0.29) is 16.3 Å². The number of hydrogen-bond acceptors (Lipinski definition) is 6. The number of thiophene rings is 1.